The molecule has 0 radical (unpaired) electrons. The van der Waals surface area contributed by atoms with E-state index < -0.39 is 0 Å². The van der Waals surface area contributed by atoms with E-state index in [1.165, 1.54) is 44.2 Å². The summed E-state index contributed by atoms with van der Waals surface area (Å²) in [5, 5.41) is 6.78. The number of aryl methyl sites for hydroxylation is 2. The smallest absolute Gasteiger partial charge is 0.124 e. The number of aromatic amines is 1. The van der Waals surface area contributed by atoms with Crippen LogP contribution in [0.4, 0.5) is 10.1 Å². The Morgan fingerprint density at radius 3 is 2.34 bits per heavy atom. The fourth-order valence-corrected chi connectivity index (χ4v) is 5.63. The minimum absolute atomic E-state index is 0.275. The Kier molecular flexibility index (Phi) is 16.0. The molecule has 47 heavy (non-hydrogen) atoms. The number of pyridine rings is 1. The van der Waals surface area contributed by atoms with Gasteiger partial charge in [0.25, 0.3) is 0 Å². The highest BCUT2D eigenvalue weighted by molar-refractivity contribution is 5.80. The molecular formula is C41H52FN5. The number of allylic oxidation sites excluding steroid dienone is 7. The van der Waals surface area contributed by atoms with Crippen molar-refractivity contribution < 1.29 is 4.39 Å². The summed E-state index contributed by atoms with van der Waals surface area (Å²) in [6.07, 6.45) is 26.2. The predicted molar refractivity (Wildman–Crippen MR) is 200 cm³/mol. The maximum Gasteiger partial charge on any atom is 0.124 e. The van der Waals surface area contributed by atoms with Crippen molar-refractivity contribution in [2.75, 3.05) is 12.4 Å². The maximum atomic E-state index is 14.2. The molecule has 4 rings (SSSR count). The Morgan fingerprint density at radius 1 is 1.00 bits per heavy atom. The Bertz CT molecular complexity index is 1610. The van der Waals surface area contributed by atoms with Gasteiger partial charge in [0.2, 0.25) is 0 Å². The number of H-pyrrole nitrogens is 1. The van der Waals surface area contributed by atoms with Crippen molar-refractivity contribution in [2.24, 2.45) is 5.92 Å². The normalized spacial score (nSPS) is 13.8. The second-order valence-electron chi connectivity index (χ2n) is 11.4. The van der Waals surface area contributed by atoms with Crippen LogP contribution < -0.4 is 10.6 Å². The van der Waals surface area contributed by atoms with Crippen molar-refractivity contribution in [2.45, 2.75) is 73.1 Å². The zero-order valence-corrected chi connectivity index (χ0v) is 29.1. The molecule has 0 spiro atoms. The summed E-state index contributed by atoms with van der Waals surface area (Å²) in [5.41, 5.74) is 10.1. The lowest BCUT2D eigenvalue weighted by Crippen LogP contribution is -2.14. The molecule has 0 atom stereocenters. The van der Waals surface area contributed by atoms with Crippen LogP contribution in [0.1, 0.15) is 86.8 Å². The van der Waals surface area contributed by atoms with Gasteiger partial charge in [-0.1, -0.05) is 77.1 Å². The highest BCUT2D eigenvalue weighted by atomic mass is 19.1. The molecule has 2 heterocycles. The van der Waals surface area contributed by atoms with Crippen LogP contribution in [0.5, 0.6) is 0 Å². The Morgan fingerprint density at radius 2 is 1.70 bits per heavy atom. The molecular weight excluding hydrogens is 581 g/mol. The number of anilines is 1. The summed E-state index contributed by atoms with van der Waals surface area (Å²) in [4.78, 5) is 12.7. The third-order valence-corrected chi connectivity index (χ3v) is 7.95. The van der Waals surface area contributed by atoms with Gasteiger partial charge in [-0.25, -0.2) is 9.37 Å². The molecule has 0 amide bonds. The van der Waals surface area contributed by atoms with Crippen LogP contribution in [0.3, 0.4) is 0 Å². The van der Waals surface area contributed by atoms with Gasteiger partial charge in [-0.15, -0.1) is 12.8 Å². The number of aromatic nitrogens is 3. The zero-order chi connectivity index (χ0) is 34.9. The molecule has 1 aliphatic carbocycles. The van der Waals surface area contributed by atoms with E-state index in [-0.39, 0.29) is 5.82 Å². The van der Waals surface area contributed by atoms with Crippen LogP contribution in [0.2, 0.25) is 0 Å². The first-order valence-corrected chi connectivity index (χ1v) is 16.3. The van der Waals surface area contributed by atoms with E-state index in [1.54, 1.807) is 6.08 Å². The number of hydrogen-bond donors (Lipinski definition) is 3. The second-order valence-corrected chi connectivity index (χ2v) is 11.4. The van der Waals surface area contributed by atoms with E-state index in [2.05, 4.69) is 72.3 Å². The highest BCUT2D eigenvalue weighted by Gasteiger charge is 2.17. The van der Waals surface area contributed by atoms with E-state index in [0.717, 1.165) is 67.7 Å². The highest BCUT2D eigenvalue weighted by Crippen LogP contribution is 2.30. The lowest BCUT2D eigenvalue weighted by Gasteiger charge is -2.24. The fourth-order valence-electron chi connectivity index (χ4n) is 5.63. The van der Waals surface area contributed by atoms with Gasteiger partial charge in [0.1, 0.15) is 11.6 Å². The van der Waals surface area contributed by atoms with Crippen LogP contribution in [0.25, 0.3) is 11.1 Å². The first-order valence-electron chi connectivity index (χ1n) is 16.3. The van der Waals surface area contributed by atoms with Gasteiger partial charge in [-0.2, -0.15) is 0 Å². The zero-order valence-electron chi connectivity index (χ0n) is 29.1. The third-order valence-electron chi connectivity index (χ3n) is 7.95. The minimum Gasteiger partial charge on any atom is -0.388 e. The molecule has 0 aliphatic heterocycles. The van der Waals surface area contributed by atoms with Gasteiger partial charge < -0.3 is 15.6 Å². The van der Waals surface area contributed by atoms with Crippen LogP contribution in [0.15, 0.2) is 97.7 Å². The van der Waals surface area contributed by atoms with Crippen molar-refractivity contribution >= 4 is 16.8 Å². The monoisotopic (exact) mass is 633 g/mol. The molecule has 3 N–H and O–H groups in total. The van der Waals surface area contributed by atoms with Gasteiger partial charge >= 0.3 is 0 Å². The number of rotatable bonds is 12. The standard InChI is InChI=1S/C37H44FN5.C2H6.C2H2/c1-8-12-34(30-17-24(2)18-32(38)20-30)37-28(6)42-36(43-37)19-26(4)35(39-7)16-15-25(3)31-21-33(23-40-22-31)41-27(5)29-13-10-9-11-14-29;2*1-2/h8,12,15-18,20-23,29,39,41H,1,4-5,9-11,13-14,19H2,2-3,6-7H3,(H,42,43);1-2H3;1-2H/b25-15+,34-12-,35-16+;;. The number of benzene rings is 1. The van der Waals surface area contributed by atoms with E-state index in [9.17, 15) is 4.39 Å². The average molecular weight is 634 g/mol. The number of hydrogen-bond acceptors (Lipinski definition) is 4. The second kappa shape index (κ2) is 19.6. The summed E-state index contributed by atoms with van der Waals surface area (Å²) in [7, 11) is 1.89. The van der Waals surface area contributed by atoms with Gasteiger partial charge in [-0.05, 0) is 91.6 Å². The molecule has 1 aliphatic rings. The fraction of sp³-hybridized carbons (Fsp3) is 0.317. The maximum absolute atomic E-state index is 14.2. The van der Waals surface area contributed by atoms with Crippen LogP contribution >= 0.6 is 0 Å². The Labute approximate surface area is 282 Å². The van der Waals surface area contributed by atoms with E-state index in [1.807, 2.05) is 65.4 Å². The van der Waals surface area contributed by atoms with Crippen molar-refractivity contribution in [3.05, 3.63) is 137 Å². The number of likely N-dealkylation sites (N-methyl/N-ethyl adjacent to an activating group) is 1. The summed E-state index contributed by atoms with van der Waals surface area (Å²) in [6.45, 7) is 22.4. The van der Waals surface area contributed by atoms with Gasteiger partial charge in [0, 0.05) is 42.3 Å². The summed E-state index contributed by atoms with van der Waals surface area (Å²) in [6, 6.07) is 7.12. The minimum atomic E-state index is -0.275. The molecule has 1 aromatic carbocycles. The van der Waals surface area contributed by atoms with Gasteiger partial charge in [-0.3, -0.25) is 4.98 Å². The lowest BCUT2D eigenvalue weighted by atomic mass is 9.87. The molecule has 248 valence electrons. The molecule has 2 aromatic heterocycles. The topological polar surface area (TPSA) is 65.6 Å². The molecule has 0 saturated heterocycles. The van der Waals surface area contributed by atoms with Crippen molar-refractivity contribution in [1.29, 1.82) is 0 Å². The predicted octanol–water partition coefficient (Wildman–Crippen LogP) is 10.3. The summed E-state index contributed by atoms with van der Waals surface area (Å²) >= 11 is 0. The first-order chi connectivity index (χ1) is 22.7. The largest absolute Gasteiger partial charge is 0.388 e. The number of nitrogens with one attached hydrogen (secondary N) is 3. The quantitative estimate of drug-likeness (QED) is 0.137. The molecule has 1 saturated carbocycles. The Hall–Kier alpha value is -4.89. The molecule has 3 aromatic rings. The number of halogens is 1. The SMILES string of the molecule is C#C.C=C/C=C(/c1cc(C)cc(F)c1)c1nc(CC(=C)/C(=C\C=C(/C)c2cncc(NC(=C)C3CCCCC3)c2)NC)[nH]c1C.CC. The van der Waals surface area contributed by atoms with Crippen LogP contribution in [-0.4, -0.2) is 22.0 Å². The van der Waals surface area contributed by atoms with Gasteiger partial charge in [0.05, 0.1) is 17.6 Å². The molecule has 1 fully saturated rings. The van der Waals surface area contributed by atoms with Crippen molar-refractivity contribution in [3.63, 3.8) is 0 Å². The molecule has 0 bridgehead atoms. The number of nitrogens with zero attached hydrogens (tertiary/aromatic N) is 2. The lowest BCUT2D eigenvalue weighted by molar-refractivity contribution is 0.405. The van der Waals surface area contributed by atoms with Crippen LogP contribution in [0, 0.1) is 38.4 Å². The summed E-state index contributed by atoms with van der Waals surface area (Å²) < 4.78 is 14.2. The number of imidazole rings is 1. The molecule has 5 nitrogen and oxygen atoms in total. The van der Waals surface area contributed by atoms with E-state index in [4.69, 9.17) is 4.98 Å². The Balaban J connectivity index is 0.00000185. The molecule has 0 unspecified atom stereocenters. The first kappa shape index (κ1) is 38.3. The average Bonchev–Trinajstić information content (AvgIpc) is 3.44. The van der Waals surface area contributed by atoms with Crippen molar-refractivity contribution in [3.8, 4) is 12.8 Å². The third kappa shape index (κ3) is 11.1. The van der Waals surface area contributed by atoms with Crippen molar-refractivity contribution in [1.82, 2.24) is 20.3 Å². The molecule has 6 heteroatoms. The van der Waals surface area contributed by atoms with Crippen LogP contribution in [-0.2, 0) is 6.42 Å². The van der Waals surface area contributed by atoms with E-state index >= 15 is 0 Å². The van der Waals surface area contributed by atoms with Gasteiger partial charge in [0.15, 0.2) is 0 Å². The number of terminal acetylenes is 1. The van der Waals surface area contributed by atoms with E-state index in [0.29, 0.717) is 12.3 Å². The summed E-state index contributed by atoms with van der Waals surface area (Å²) in [5.74, 6) is 1.04.